The second-order valence-corrected chi connectivity index (χ2v) is 7.90. The van der Waals surface area contributed by atoms with Gasteiger partial charge in [-0.2, -0.15) is 0 Å². The molecule has 34 heavy (non-hydrogen) atoms. The summed E-state index contributed by atoms with van der Waals surface area (Å²) >= 11 is 1.35. The summed E-state index contributed by atoms with van der Waals surface area (Å²) in [5.41, 5.74) is 7.94. The number of nitrogens with zero attached hydrogens (tertiary/aromatic N) is 2. The zero-order valence-corrected chi connectivity index (χ0v) is 18.7. The van der Waals surface area contributed by atoms with Gasteiger partial charge in [0.15, 0.2) is 5.75 Å². The summed E-state index contributed by atoms with van der Waals surface area (Å²) in [7, 11) is 0. The van der Waals surface area contributed by atoms with Gasteiger partial charge < -0.3 is 30.9 Å². The Morgan fingerprint density at radius 2 is 2.00 bits per heavy atom. The smallest absolute Gasteiger partial charge is 0.412 e. The highest BCUT2D eigenvalue weighted by molar-refractivity contribution is 7.17. The molecule has 3 aromatic heterocycles. The van der Waals surface area contributed by atoms with E-state index in [1.807, 2.05) is 5.38 Å². The SMILES string of the molecule is Nc1ncc(OC(=O)NCCO)c2scc(COc3cccc(NC(=O)c4ccncc4)c3)c12. The normalized spacial score (nSPS) is 10.6. The monoisotopic (exact) mass is 479 g/mol. The van der Waals surface area contributed by atoms with Crippen molar-refractivity contribution in [2.24, 2.45) is 0 Å². The second-order valence-electron chi connectivity index (χ2n) is 7.02. The molecule has 0 fully saturated rings. The zero-order valence-electron chi connectivity index (χ0n) is 17.9. The first-order valence-electron chi connectivity index (χ1n) is 10.2. The molecule has 0 aliphatic rings. The zero-order chi connectivity index (χ0) is 23.9. The number of nitrogen functional groups attached to an aromatic ring is 1. The van der Waals surface area contributed by atoms with Crippen LogP contribution in [0.5, 0.6) is 11.5 Å². The highest BCUT2D eigenvalue weighted by Crippen LogP contribution is 2.37. The van der Waals surface area contributed by atoms with Crippen LogP contribution in [0.1, 0.15) is 15.9 Å². The van der Waals surface area contributed by atoms with E-state index in [1.165, 1.54) is 17.5 Å². The predicted octanol–water partition coefficient (Wildman–Crippen LogP) is 3.19. The Bertz CT molecular complexity index is 1310. The lowest BCUT2D eigenvalue weighted by molar-refractivity contribution is 0.102. The standard InChI is InChI=1S/C23H21N5O5S/c24-21-19-15(13-34-20(19)18(11-27-21)33-23(31)26-8-9-29)12-32-17-3-1-2-16(10-17)28-22(30)14-4-6-25-7-5-14/h1-7,10-11,13,29H,8-9,12H2,(H2,24,27)(H,26,31)(H,28,30). The molecule has 4 aromatic rings. The lowest BCUT2D eigenvalue weighted by Crippen LogP contribution is -2.29. The molecule has 0 unspecified atom stereocenters. The number of benzene rings is 1. The van der Waals surface area contributed by atoms with E-state index < -0.39 is 6.09 Å². The topological polar surface area (TPSA) is 149 Å². The van der Waals surface area contributed by atoms with E-state index in [0.717, 1.165) is 5.56 Å². The Hall–Kier alpha value is -4.22. The van der Waals surface area contributed by atoms with Gasteiger partial charge in [0.05, 0.1) is 17.5 Å². The minimum atomic E-state index is -0.696. The summed E-state index contributed by atoms with van der Waals surface area (Å²) < 4.78 is 11.9. The summed E-state index contributed by atoms with van der Waals surface area (Å²) in [4.78, 5) is 32.3. The maximum absolute atomic E-state index is 12.4. The lowest BCUT2D eigenvalue weighted by Gasteiger charge is -2.10. The molecule has 10 nitrogen and oxygen atoms in total. The van der Waals surface area contributed by atoms with Crippen molar-refractivity contribution in [3.63, 3.8) is 0 Å². The third-order valence-corrected chi connectivity index (χ3v) is 5.72. The quantitative estimate of drug-likeness (QED) is 0.301. The number of nitrogens with two attached hydrogens (primary N) is 1. The maximum Gasteiger partial charge on any atom is 0.412 e. The molecule has 0 atom stereocenters. The molecule has 1 aromatic carbocycles. The average molecular weight is 480 g/mol. The van der Waals surface area contributed by atoms with Crippen LogP contribution in [0.15, 0.2) is 60.4 Å². The van der Waals surface area contributed by atoms with Gasteiger partial charge in [0, 0.05) is 47.2 Å². The lowest BCUT2D eigenvalue weighted by atomic mass is 10.2. The first-order chi connectivity index (χ1) is 16.5. The van der Waals surface area contributed by atoms with Gasteiger partial charge in [-0.25, -0.2) is 9.78 Å². The van der Waals surface area contributed by atoms with Crippen LogP contribution in [0.4, 0.5) is 16.3 Å². The Morgan fingerprint density at radius 3 is 2.79 bits per heavy atom. The van der Waals surface area contributed by atoms with Gasteiger partial charge in [-0.05, 0) is 29.6 Å². The van der Waals surface area contributed by atoms with Crippen molar-refractivity contribution >= 4 is 44.9 Å². The highest BCUT2D eigenvalue weighted by Gasteiger charge is 2.16. The number of anilines is 2. The number of aliphatic hydroxyl groups is 1. The molecule has 0 spiro atoms. The van der Waals surface area contributed by atoms with E-state index in [1.54, 1.807) is 48.8 Å². The van der Waals surface area contributed by atoms with Crippen molar-refractivity contribution in [1.82, 2.24) is 15.3 Å². The number of nitrogens with one attached hydrogen (secondary N) is 2. The van der Waals surface area contributed by atoms with E-state index in [-0.39, 0.29) is 37.2 Å². The van der Waals surface area contributed by atoms with Crippen molar-refractivity contribution in [3.05, 3.63) is 71.5 Å². The molecule has 0 bridgehead atoms. The number of carbonyl (C=O) groups excluding carboxylic acids is 2. The Labute approximate surface area is 198 Å². The van der Waals surface area contributed by atoms with E-state index in [9.17, 15) is 9.59 Å². The maximum atomic E-state index is 12.4. The van der Waals surface area contributed by atoms with Crippen LogP contribution >= 0.6 is 11.3 Å². The van der Waals surface area contributed by atoms with Crippen LogP contribution in [0, 0.1) is 0 Å². The first-order valence-corrected chi connectivity index (χ1v) is 11.1. The first kappa shape index (κ1) is 23.0. The number of fused-ring (bicyclic) bond motifs is 1. The van der Waals surface area contributed by atoms with Gasteiger partial charge >= 0.3 is 6.09 Å². The van der Waals surface area contributed by atoms with Crippen LogP contribution in [0.25, 0.3) is 10.1 Å². The fraction of sp³-hybridized carbons (Fsp3) is 0.130. The molecule has 0 aliphatic heterocycles. The Kier molecular flexibility index (Phi) is 7.16. The summed E-state index contributed by atoms with van der Waals surface area (Å²) in [6, 6.07) is 10.3. The fourth-order valence-corrected chi connectivity index (χ4v) is 4.12. The van der Waals surface area contributed by atoms with Crippen LogP contribution in [0.2, 0.25) is 0 Å². The average Bonchev–Trinajstić information content (AvgIpc) is 3.29. The van der Waals surface area contributed by atoms with Gasteiger partial charge in [0.2, 0.25) is 0 Å². The van der Waals surface area contributed by atoms with E-state index in [4.69, 9.17) is 20.3 Å². The van der Waals surface area contributed by atoms with E-state index in [0.29, 0.717) is 27.1 Å². The molecular weight excluding hydrogens is 458 g/mol. The molecule has 174 valence electrons. The van der Waals surface area contributed by atoms with Crippen molar-refractivity contribution in [2.45, 2.75) is 6.61 Å². The van der Waals surface area contributed by atoms with Crippen LogP contribution < -0.4 is 25.8 Å². The Balaban J connectivity index is 1.46. The molecule has 0 radical (unpaired) electrons. The predicted molar refractivity (Wildman–Crippen MR) is 128 cm³/mol. The number of aromatic nitrogens is 2. The third kappa shape index (κ3) is 5.39. The molecule has 4 rings (SSSR count). The van der Waals surface area contributed by atoms with Gasteiger partial charge in [-0.1, -0.05) is 6.07 Å². The van der Waals surface area contributed by atoms with Crippen molar-refractivity contribution in [1.29, 1.82) is 0 Å². The van der Waals surface area contributed by atoms with Gasteiger partial charge in [-0.15, -0.1) is 11.3 Å². The number of hydrogen-bond acceptors (Lipinski definition) is 9. The molecule has 11 heteroatoms. The van der Waals surface area contributed by atoms with Gasteiger partial charge in [-0.3, -0.25) is 9.78 Å². The van der Waals surface area contributed by atoms with Gasteiger partial charge in [0.25, 0.3) is 5.91 Å². The molecule has 5 N–H and O–H groups in total. The van der Waals surface area contributed by atoms with Crippen LogP contribution in [-0.4, -0.2) is 40.2 Å². The number of pyridine rings is 2. The van der Waals surface area contributed by atoms with Crippen molar-refractivity contribution in [2.75, 3.05) is 24.2 Å². The van der Waals surface area contributed by atoms with Gasteiger partial charge in [0.1, 0.15) is 18.2 Å². The summed E-state index contributed by atoms with van der Waals surface area (Å²) in [5.74, 6) is 0.847. The number of rotatable bonds is 8. The molecule has 0 saturated heterocycles. The third-order valence-electron chi connectivity index (χ3n) is 4.68. The molecular formula is C23H21N5O5S. The van der Waals surface area contributed by atoms with Crippen LogP contribution in [-0.2, 0) is 6.61 Å². The minimum absolute atomic E-state index is 0.0793. The molecule has 0 saturated carbocycles. The number of carbonyl (C=O) groups is 2. The molecule has 3 heterocycles. The largest absolute Gasteiger partial charge is 0.489 e. The summed E-state index contributed by atoms with van der Waals surface area (Å²) in [5, 5.41) is 16.6. The summed E-state index contributed by atoms with van der Waals surface area (Å²) in [6.45, 7) is 0.0728. The van der Waals surface area contributed by atoms with E-state index in [2.05, 4.69) is 20.6 Å². The number of aliphatic hydroxyl groups excluding tert-OH is 1. The van der Waals surface area contributed by atoms with E-state index >= 15 is 0 Å². The summed E-state index contributed by atoms with van der Waals surface area (Å²) in [6.07, 6.45) is 3.79. The fourth-order valence-electron chi connectivity index (χ4n) is 3.11. The number of ether oxygens (including phenoxy) is 2. The second kappa shape index (κ2) is 10.6. The Morgan fingerprint density at radius 1 is 1.18 bits per heavy atom. The minimum Gasteiger partial charge on any atom is -0.489 e. The van der Waals surface area contributed by atoms with Crippen LogP contribution in [0.3, 0.4) is 0 Å². The van der Waals surface area contributed by atoms with Crippen molar-refractivity contribution < 1.29 is 24.2 Å². The highest BCUT2D eigenvalue weighted by atomic mass is 32.1. The number of thiophene rings is 1. The molecule has 2 amide bonds. The number of amides is 2. The number of hydrogen-bond donors (Lipinski definition) is 4. The molecule has 0 aliphatic carbocycles. The van der Waals surface area contributed by atoms with Crippen molar-refractivity contribution in [3.8, 4) is 11.5 Å².